The fraction of sp³-hybridized carbons (Fsp3) is 0. The van der Waals surface area contributed by atoms with E-state index in [0.717, 1.165) is 61.7 Å². The fourth-order valence-corrected chi connectivity index (χ4v) is 15.9. The smallest absolute Gasteiger partial charge is 0.434 e. The van der Waals surface area contributed by atoms with Crippen LogP contribution in [0.15, 0.2) is 243 Å². The fourth-order valence-electron chi connectivity index (χ4n) is 10.9. The van der Waals surface area contributed by atoms with Gasteiger partial charge in [-0.05, 0) is 85.5 Å². The van der Waals surface area contributed by atoms with Crippen molar-refractivity contribution in [1.82, 2.24) is 4.57 Å². The molecule has 0 fully saturated rings. The largest absolute Gasteiger partial charge is 0.551 e. The van der Waals surface area contributed by atoms with Crippen LogP contribution in [0.25, 0.3) is 60.9 Å². The van der Waals surface area contributed by atoms with Crippen molar-refractivity contribution in [1.29, 1.82) is 0 Å². The van der Waals surface area contributed by atoms with E-state index in [1.165, 1.54) is 48.1 Å². The number of hydrogen-bond donors (Lipinski definition) is 0. The zero-order chi connectivity index (χ0) is 42.9. The van der Waals surface area contributed by atoms with Gasteiger partial charge in [0.15, 0.2) is 8.07 Å². The number of rotatable bonds is 7. The monoisotopic (exact) mass is 845 g/mol. The van der Waals surface area contributed by atoms with Crippen LogP contribution in [-0.2, 0) is 0 Å². The molecule has 0 unspecified atom stereocenters. The lowest BCUT2D eigenvalue weighted by molar-refractivity contribution is 0.479. The van der Waals surface area contributed by atoms with Crippen LogP contribution in [0.5, 0.6) is 17.2 Å². The lowest BCUT2D eigenvalue weighted by Gasteiger charge is -2.36. The zero-order valence-electron chi connectivity index (χ0n) is 35.4. The number of fused-ring (bicyclic) bond motifs is 7. The summed E-state index contributed by atoms with van der Waals surface area (Å²) in [5, 5.41) is 7.85. The van der Waals surface area contributed by atoms with Crippen LogP contribution in [0, 0.1) is 0 Å². The van der Waals surface area contributed by atoms with Gasteiger partial charge in [-0.1, -0.05) is 200 Å². The van der Waals surface area contributed by atoms with Gasteiger partial charge in [-0.15, -0.1) is 0 Å². The second-order valence-corrected chi connectivity index (χ2v) is 20.8. The van der Waals surface area contributed by atoms with Crippen LogP contribution in [0.3, 0.4) is 0 Å². The number of benzene rings is 10. The number of hydrogen-bond acceptors (Lipinski definition) is 2. The topological polar surface area (TPSA) is 23.4 Å². The molecule has 0 atom stereocenters. The van der Waals surface area contributed by atoms with Crippen molar-refractivity contribution < 1.29 is 9.39 Å². The predicted molar refractivity (Wildman–Crippen MR) is 273 cm³/mol. The molecule has 65 heavy (non-hydrogen) atoms. The van der Waals surface area contributed by atoms with Gasteiger partial charge in [-0.2, -0.15) is 0 Å². The minimum absolute atomic E-state index is 0.348. The SMILES string of the molecule is c1ccc([Si](c2ccccc2)(c2ccccc2)c2ccccc2-c2ccc3c(c2)B2Oc4ccc(-c5ccccc5-n5c6ccccc6c6ccccc65)cc4-c4cccc(c42)O3)cc1. The lowest BCUT2D eigenvalue weighted by atomic mass is 9.50. The third-order valence-corrected chi connectivity index (χ3v) is 18.5. The summed E-state index contributed by atoms with van der Waals surface area (Å²) in [5.41, 5.74) is 12.4. The highest BCUT2D eigenvalue weighted by Crippen LogP contribution is 2.43. The van der Waals surface area contributed by atoms with Gasteiger partial charge in [0, 0.05) is 32.8 Å². The zero-order valence-corrected chi connectivity index (χ0v) is 36.4. The summed E-state index contributed by atoms with van der Waals surface area (Å²) in [5.74, 6) is 2.51. The third kappa shape index (κ3) is 5.76. The van der Waals surface area contributed by atoms with Crippen molar-refractivity contribution in [2.75, 3.05) is 0 Å². The van der Waals surface area contributed by atoms with Crippen molar-refractivity contribution in [2.45, 2.75) is 0 Å². The van der Waals surface area contributed by atoms with Crippen molar-refractivity contribution in [3.8, 4) is 56.3 Å². The molecule has 13 rings (SSSR count). The maximum atomic E-state index is 7.19. The highest BCUT2D eigenvalue weighted by molar-refractivity contribution is 7.20. The Morgan fingerprint density at radius 2 is 0.892 bits per heavy atom. The number of aromatic nitrogens is 1. The Labute approximate surface area is 379 Å². The Balaban J connectivity index is 0.944. The van der Waals surface area contributed by atoms with E-state index in [-0.39, 0.29) is 6.92 Å². The first-order chi connectivity index (χ1) is 32.3. The van der Waals surface area contributed by atoms with Gasteiger partial charge in [0.05, 0.1) is 16.7 Å². The van der Waals surface area contributed by atoms with E-state index in [2.05, 4.69) is 247 Å². The molecular formula is C60H40BNO2Si. The molecule has 11 aromatic rings. The standard InChI is InChI=1S/C60H40BNO2Si/c1-4-19-43(20-5-1)65(44-21-6-2-7-22-44,45-23-8-3-9-24-45)59-34-17-13-26-47(59)42-36-38-57-52(40-42)61-60-50(29-18-33-58(60)63-57)51-39-41(35-37-56(51)64-61)46-25-10-14-30-53(46)62-54-31-15-11-27-48(54)49-28-12-16-32-55(49)62/h1-40H. The summed E-state index contributed by atoms with van der Waals surface area (Å²) in [6.45, 7) is -0.348. The average molecular weight is 846 g/mol. The third-order valence-electron chi connectivity index (χ3n) is 13.7. The molecule has 0 N–H and O–H groups in total. The molecule has 2 aliphatic rings. The molecule has 0 bridgehead atoms. The molecule has 0 spiro atoms. The summed E-state index contributed by atoms with van der Waals surface area (Å²) in [4.78, 5) is 0. The molecule has 3 heterocycles. The molecule has 0 aliphatic carbocycles. The van der Waals surface area contributed by atoms with E-state index in [0.29, 0.717) is 0 Å². The first kappa shape index (κ1) is 37.4. The van der Waals surface area contributed by atoms with Crippen molar-refractivity contribution >= 4 is 68.5 Å². The van der Waals surface area contributed by atoms with Gasteiger partial charge in [0.25, 0.3) is 0 Å². The molecule has 10 aromatic carbocycles. The van der Waals surface area contributed by atoms with Gasteiger partial charge >= 0.3 is 6.92 Å². The minimum atomic E-state index is -2.84. The minimum Gasteiger partial charge on any atom is -0.551 e. The van der Waals surface area contributed by atoms with Crippen LogP contribution < -0.4 is 41.1 Å². The van der Waals surface area contributed by atoms with Crippen molar-refractivity contribution in [3.05, 3.63) is 243 Å². The van der Waals surface area contributed by atoms with E-state index in [9.17, 15) is 0 Å². The average Bonchev–Trinajstić information content (AvgIpc) is 3.72. The number of nitrogens with zero attached hydrogens (tertiary/aromatic N) is 1. The van der Waals surface area contributed by atoms with Gasteiger partial charge in [-0.3, -0.25) is 0 Å². The summed E-state index contributed by atoms with van der Waals surface area (Å²) >= 11 is 0. The van der Waals surface area contributed by atoms with Crippen LogP contribution >= 0.6 is 0 Å². The molecule has 304 valence electrons. The summed E-state index contributed by atoms with van der Waals surface area (Å²) < 4.78 is 16.4. The van der Waals surface area contributed by atoms with Crippen LogP contribution in [0.1, 0.15) is 0 Å². The molecule has 0 radical (unpaired) electrons. The Hall–Kier alpha value is -8.12. The molecular weight excluding hydrogens is 806 g/mol. The van der Waals surface area contributed by atoms with E-state index >= 15 is 0 Å². The molecule has 0 saturated carbocycles. The Morgan fingerprint density at radius 1 is 0.369 bits per heavy atom. The summed E-state index contributed by atoms with van der Waals surface area (Å²) in [7, 11) is -2.84. The van der Waals surface area contributed by atoms with Crippen LogP contribution in [-0.4, -0.2) is 19.6 Å². The quantitative estimate of drug-likeness (QED) is 0.118. The van der Waals surface area contributed by atoms with Crippen LogP contribution in [0.4, 0.5) is 0 Å². The first-order valence-electron chi connectivity index (χ1n) is 22.4. The van der Waals surface area contributed by atoms with E-state index in [1.54, 1.807) is 0 Å². The maximum Gasteiger partial charge on any atom is 0.434 e. The Morgan fingerprint density at radius 3 is 1.55 bits per heavy atom. The summed E-state index contributed by atoms with van der Waals surface area (Å²) in [6, 6.07) is 88.3. The van der Waals surface area contributed by atoms with E-state index < -0.39 is 8.07 Å². The predicted octanol–water partition coefficient (Wildman–Crippen LogP) is 10.8. The van der Waals surface area contributed by atoms with Gasteiger partial charge in [0.2, 0.25) is 0 Å². The van der Waals surface area contributed by atoms with Gasteiger partial charge in [0.1, 0.15) is 17.2 Å². The second kappa shape index (κ2) is 15.0. The summed E-state index contributed by atoms with van der Waals surface area (Å²) in [6.07, 6.45) is 0. The highest BCUT2D eigenvalue weighted by Gasteiger charge is 2.44. The molecule has 3 nitrogen and oxygen atoms in total. The second-order valence-electron chi connectivity index (χ2n) is 17.1. The van der Waals surface area contributed by atoms with Gasteiger partial charge < -0.3 is 14.0 Å². The molecule has 0 saturated heterocycles. The molecule has 0 amide bonds. The number of ether oxygens (including phenoxy) is 1. The molecule has 2 aliphatic heterocycles. The number of para-hydroxylation sites is 3. The van der Waals surface area contributed by atoms with Crippen LogP contribution in [0.2, 0.25) is 0 Å². The van der Waals surface area contributed by atoms with E-state index in [1.807, 2.05) is 0 Å². The Kier molecular flexibility index (Phi) is 8.65. The highest BCUT2D eigenvalue weighted by atomic mass is 28.3. The maximum absolute atomic E-state index is 7.19. The molecule has 5 heteroatoms. The normalized spacial score (nSPS) is 12.5. The van der Waals surface area contributed by atoms with Crippen molar-refractivity contribution in [3.63, 3.8) is 0 Å². The Bertz CT molecular complexity index is 3470. The van der Waals surface area contributed by atoms with Crippen molar-refractivity contribution in [2.24, 2.45) is 0 Å². The van der Waals surface area contributed by atoms with Gasteiger partial charge in [-0.25, -0.2) is 0 Å². The van der Waals surface area contributed by atoms with E-state index in [4.69, 9.17) is 9.39 Å². The molecule has 1 aromatic heterocycles. The first-order valence-corrected chi connectivity index (χ1v) is 24.4. The lowest BCUT2D eigenvalue weighted by Crippen LogP contribution is -2.75.